The van der Waals surface area contributed by atoms with Gasteiger partial charge in [0.25, 0.3) is 9.28 Å². The van der Waals surface area contributed by atoms with Gasteiger partial charge in [0, 0.05) is 14.2 Å². The summed E-state index contributed by atoms with van der Waals surface area (Å²) in [6.07, 6.45) is 0. The quantitative estimate of drug-likeness (QED) is 0.504. The highest BCUT2D eigenvalue weighted by atomic mass is 31.3. The van der Waals surface area contributed by atoms with E-state index < -0.39 is 34.5 Å². The van der Waals surface area contributed by atoms with Crippen LogP contribution in [-0.4, -0.2) is 63.7 Å². The fourth-order valence-electron chi connectivity index (χ4n) is 1.68. The van der Waals surface area contributed by atoms with E-state index in [0.29, 0.717) is 0 Å². The Hall–Kier alpha value is 1.31. The highest BCUT2D eigenvalue weighted by molar-refractivity contribution is 7.62. The summed E-state index contributed by atoms with van der Waals surface area (Å²) < 4.78 is 22.9. The number of aliphatic hydroxyl groups excluding tert-OH is 1. The van der Waals surface area contributed by atoms with Crippen LogP contribution in [0.3, 0.4) is 0 Å². The SMILES string of the molecule is CO.COP[SiH3].C[SiH](O[Si](C)(C)C)O[Si](C)(C)O[Si](C)(C)C. The molecule has 0 bridgehead atoms. The van der Waals surface area contributed by atoms with Crippen LogP contribution in [0.15, 0.2) is 0 Å². The highest BCUT2D eigenvalue weighted by Crippen LogP contribution is 2.17. The summed E-state index contributed by atoms with van der Waals surface area (Å²) in [5.74, 6) is 0. The molecule has 2 atom stereocenters. The summed E-state index contributed by atoms with van der Waals surface area (Å²) in [5.41, 5.74) is 0. The molecule has 0 aliphatic rings. The standard InChI is InChI=1S/C9H28O3Si4.CH7OPSi.CH4O/c1-13(10-14(2,3)4)11-16(8,9)12-15(5,6)7;1-2-3-4;1-2/h13H,1-9H3;3H,1,4H3;2H,1H3. The monoisotopic (exact) mass is 422 g/mol. The third kappa shape index (κ3) is 26.2. The van der Waals surface area contributed by atoms with Crippen molar-refractivity contribution in [1.29, 1.82) is 0 Å². The molecule has 2 unspecified atom stereocenters. The number of rotatable bonds is 7. The Labute approximate surface area is 148 Å². The molecule has 0 rings (SSSR count). The molecule has 0 saturated carbocycles. The van der Waals surface area contributed by atoms with Crippen molar-refractivity contribution in [3.63, 3.8) is 0 Å². The summed E-state index contributed by atoms with van der Waals surface area (Å²) in [7, 11) is -1.77. The van der Waals surface area contributed by atoms with Gasteiger partial charge in [-0.1, -0.05) is 0 Å². The molecule has 11 heteroatoms. The average Bonchev–Trinajstić information content (AvgIpc) is 2.25. The summed E-state index contributed by atoms with van der Waals surface area (Å²) >= 11 is 0. The molecule has 0 aromatic carbocycles. The first-order valence-corrected chi connectivity index (χ1v) is 23.6. The lowest BCUT2D eigenvalue weighted by molar-refractivity contribution is 0.352. The molecule has 5 nitrogen and oxygen atoms in total. The molecule has 0 aromatic rings. The lowest BCUT2D eigenvalue weighted by atomic mass is 11.8. The van der Waals surface area contributed by atoms with Crippen LogP contribution in [0.1, 0.15) is 0 Å². The average molecular weight is 423 g/mol. The molecule has 138 valence electrons. The van der Waals surface area contributed by atoms with Gasteiger partial charge in [0.15, 0.2) is 16.6 Å². The molecular weight excluding hydrogens is 384 g/mol. The fraction of sp³-hybridized carbons (Fsp3) is 1.00. The normalized spacial score (nSPS) is 14.2. The number of hydrogen-bond acceptors (Lipinski definition) is 5. The minimum atomic E-state index is -1.98. The summed E-state index contributed by atoms with van der Waals surface area (Å²) in [6.45, 7) is 19.6. The maximum atomic E-state index is 7.00. The zero-order valence-electron chi connectivity index (χ0n) is 16.7. The molecule has 0 fully saturated rings. The van der Waals surface area contributed by atoms with Gasteiger partial charge in [-0.05, 0) is 67.3 Å². The molecule has 0 aromatic heterocycles. The molecule has 0 aliphatic heterocycles. The maximum Gasteiger partial charge on any atom is 0.312 e. The Kier molecular flexibility index (Phi) is 17.4. The van der Waals surface area contributed by atoms with E-state index in [-0.39, 0.29) is 0 Å². The second kappa shape index (κ2) is 13.6. The first kappa shape index (κ1) is 28.1. The molecule has 0 aliphatic carbocycles. The number of aliphatic hydroxyl groups is 1. The van der Waals surface area contributed by atoms with Gasteiger partial charge in [0.05, 0.1) is 9.91 Å². The molecule has 1 N–H and O–H groups in total. The Morgan fingerprint density at radius 2 is 1.23 bits per heavy atom. The lowest BCUT2D eigenvalue weighted by Gasteiger charge is -2.34. The van der Waals surface area contributed by atoms with Crippen LogP contribution in [0.5, 0.6) is 0 Å². The predicted octanol–water partition coefficient (Wildman–Crippen LogP) is 2.37. The molecular formula is C11H39O5PSi5. The van der Waals surface area contributed by atoms with Crippen molar-refractivity contribution in [2.24, 2.45) is 0 Å². The fourth-order valence-corrected chi connectivity index (χ4v) is 16.0. The smallest absolute Gasteiger partial charge is 0.312 e. The van der Waals surface area contributed by atoms with E-state index in [4.69, 9.17) is 17.5 Å². The molecule has 0 amide bonds. The van der Waals surface area contributed by atoms with Crippen molar-refractivity contribution < 1.29 is 22.0 Å². The molecule has 0 spiro atoms. The largest absolute Gasteiger partial charge is 0.439 e. The molecule has 0 radical (unpaired) electrons. The van der Waals surface area contributed by atoms with Crippen molar-refractivity contribution in [3.8, 4) is 0 Å². The van der Waals surface area contributed by atoms with Crippen molar-refractivity contribution in [2.75, 3.05) is 14.2 Å². The second-order valence-corrected chi connectivity index (χ2v) is 24.1. The van der Waals surface area contributed by atoms with Gasteiger partial charge in [-0.15, -0.1) is 0 Å². The maximum absolute atomic E-state index is 7.00. The molecule has 0 saturated heterocycles. The van der Waals surface area contributed by atoms with Gasteiger partial charge in [-0.2, -0.15) is 0 Å². The van der Waals surface area contributed by atoms with Crippen LogP contribution < -0.4 is 0 Å². The summed E-state index contributed by atoms with van der Waals surface area (Å²) in [5, 5.41) is 7.00. The Balaban J connectivity index is -0.000000516. The van der Waals surface area contributed by atoms with E-state index >= 15 is 0 Å². The topological polar surface area (TPSA) is 57.2 Å². The van der Waals surface area contributed by atoms with Crippen molar-refractivity contribution in [1.82, 2.24) is 0 Å². The van der Waals surface area contributed by atoms with Gasteiger partial charge in [0.1, 0.15) is 0 Å². The Morgan fingerprint density at radius 1 is 0.864 bits per heavy atom. The van der Waals surface area contributed by atoms with Crippen LogP contribution in [0.2, 0.25) is 58.9 Å². The van der Waals surface area contributed by atoms with Gasteiger partial charge >= 0.3 is 8.56 Å². The zero-order valence-corrected chi connectivity index (χ0v) is 23.8. The predicted molar refractivity (Wildman–Crippen MR) is 114 cm³/mol. The second-order valence-electron chi connectivity index (χ2n) is 6.94. The third-order valence-electron chi connectivity index (χ3n) is 1.73. The van der Waals surface area contributed by atoms with Crippen molar-refractivity contribution in [2.45, 2.75) is 58.9 Å². The van der Waals surface area contributed by atoms with Crippen molar-refractivity contribution >= 4 is 52.7 Å². The highest BCUT2D eigenvalue weighted by Gasteiger charge is 2.34. The molecule has 22 heavy (non-hydrogen) atoms. The van der Waals surface area contributed by atoms with Gasteiger partial charge < -0.3 is 22.0 Å². The van der Waals surface area contributed by atoms with E-state index in [1.54, 1.807) is 7.11 Å². The minimum absolute atomic E-state index is 0.779. The van der Waals surface area contributed by atoms with Crippen LogP contribution in [0.4, 0.5) is 0 Å². The zero-order chi connectivity index (χ0) is 18.6. The van der Waals surface area contributed by atoms with E-state index in [1.807, 2.05) is 0 Å². The van der Waals surface area contributed by atoms with Crippen LogP contribution in [0, 0.1) is 0 Å². The first-order valence-electron chi connectivity index (χ1n) is 7.42. The van der Waals surface area contributed by atoms with E-state index in [9.17, 15) is 0 Å². The minimum Gasteiger partial charge on any atom is -0.439 e. The first-order chi connectivity index (χ1) is 9.72. The summed E-state index contributed by atoms with van der Waals surface area (Å²) in [4.78, 5) is 0. The van der Waals surface area contributed by atoms with Gasteiger partial charge in [-0.25, -0.2) is 0 Å². The van der Waals surface area contributed by atoms with Gasteiger partial charge in [-0.3, -0.25) is 0 Å². The lowest BCUT2D eigenvalue weighted by Crippen LogP contribution is -2.49. The Morgan fingerprint density at radius 3 is 1.45 bits per heavy atom. The summed E-state index contributed by atoms with van der Waals surface area (Å²) in [6, 6.07) is 0. The van der Waals surface area contributed by atoms with E-state index in [0.717, 1.165) is 15.5 Å². The molecule has 0 heterocycles. The van der Waals surface area contributed by atoms with Crippen LogP contribution >= 0.6 is 8.36 Å². The van der Waals surface area contributed by atoms with E-state index in [1.165, 1.54) is 9.91 Å². The van der Waals surface area contributed by atoms with Crippen molar-refractivity contribution in [3.05, 3.63) is 0 Å². The van der Waals surface area contributed by atoms with E-state index in [2.05, 4.69) is 63.4 Å². The number of hydrogen-bond donors (Lipinski definition) is 1. The van der Waals surface area contributed by atoms with Crippen LogP contribution in [0.25, 0.3) is 0 Å². The third-order valence-corrected chi connectivity index (χ3v) is 15.5. The van der Waals surface area contributed by atoms with Gasteiger partial charge in [0.2, 0.25) is 0 Å². The Bertz CT molecular complexity index is 256. The van der Waals surface area contributed by atoms with Crippen LogP contribution in [-0.2, 0) is 16.9 Å².